The molecule has 0 aromatic rings. The van der Waals surface area contributed by atoms with E-state index in [0.717, 1.165) is 12.8 Å². The molecule has 2 aliphatic rings. The maximum atomic E-state index is 11.8. The van der Waals surface area contributed by atoms with Gasteiger partial charge >= 0.3 is 12.0 Å². The molecule has 7 heteroatoms. The van der Waals surface area contributed by atoms with E-state index < -0.39 is 24.1 Å². The molecule has 0 aromatic carbocycles. The zero-order valence-corrected chi connectivity index (χ0v) is 10.0. The highest BCUT2D eigenvalue weighted by atomic mass is 16.5. The van der Waals surface area contributed by atoms with Gasteiger partial charge in [0.25, 0.3) is 0 Å². The molecule has 0 aromatic heterocycles. The fourth-order valence-corrected chi connectivity index (χ4v) is 2.38. The number of aliphatic carboxylic acids is 1. The Labute approximate surface area is 105 Å². The summed E-state index contributed by atoms with van der Waals surface area (Å²) in [5.74, 6) is -1.08. The zero-order chi connectivity index (χ0) is 13.1. The summed E-state index contributed by atoms with van der Waals surface area (Å²) in [4.78, 5) is 24.0. The molecular weight excluding hydrogens is 240 g/mol. The van der Waals surface area contributed by atoms with Gasteiger partial charge in [-0.2, -0.15) is 0 Å². The highest BCUT2D eigenvalue weighted by molar-refractivity contribution is 5.83. The fourth-order valence-electron chi connectivity index (χ4n) is 2.38. The van der Waals surface area contributed by atoms with Gasteiger partial charge in [-0.3, -0.25) is 0 Å². The van der Waals surface area contributed by atoms with E-state index in [1.165, 1.54) is 4.90 Å². The topological polar surface area (TPSA) is 99.1 Å². The average molecular weight is 258 g/mol. The van der Waals surface area contributed by atoms with Crippen molar-refractivity contribution in [3.63, 3.8) is 0 Å². The van der Waals surface area contributed by atoms with Crippen molar-refractivity contribution in [3.05, 3.63) is 0 Å². The molecule has 3 unspecified atom stereocenters. The standard InChI is InChI=1S/C11H18N2O5/c14-7-4-9(10(15)16)13(6-7)11(17)12-5-8-2-1-3-18-8/h7-9,14H,1-6H2,(H,12,17)(H,15,16). The number of amides is 2. The van der Waals surface area contributed by atoms with Gasteiger partial charge < -0.3 is 25.2 Å². The molecule has 0 saturated carbocycles. The highest BCUT2D eigenvalue weighted by Gasteiger charge is 2.39. The lowest BCUT2D eigenvalue weighted by molar-refractivity contribution is -0.141. The van der Waals surface area contributed by atoms with Crippen molar-refractivity contribution >= 4 is 12.0 Å². The Balaban J connectivity index is 1.85. The van der Waals surface area contributed by atoms with Crippen LogP contribution < -0.4 is 5.32 Å². The predicted molar refractivity (Wildman–Crippen MR) is 61.1 cm³/mol. The van der Waals surface area contributed by atoms with Crippen LogP contribution in [0.15, 0.2) is 0 Å². The summed E-state index contributed by atoms with van der Waals surface area (Å²) in [6.07, 6.45) is 1.23. The summed E-state index contributed by atoms with van der Waals surface area (Å²) in [5.41, 5.74) is 0. The third-order valence-electron chi connectivity index (χ3n) is 3.33. The molecule has 2 fully saturated rings. The Bertz CT molecular complexity index is 329. The van der Waals surface area contributed by atoms with Crippen molar-refractivity contribution in [1.29, 1.82) is 0 Å². The van der Waals surface area contributed by atoms with E-state index >= 15 is 0 Å². The van der Waals surface area contributed by atoms with Crippen LogP contribution in [0.5, 0.6) is 0 Å². The number of aliphatic hydroxyl groups is 1. The van der Waals surface area contributed by atoms with E-state index in [0.29, 0.717) is 13.2 Å². The predicted octanol–water partition coefficient (Wildman–Crippen LogP) is -0.605. The third kappa shape index (κ3) is 2.91. The van der Waals surface area contributed by atoms with Crippen molar-refractivity contribution in [2.75, 3.05) is 19.7 Å². The van der Waals surface area contributed by atoms with Crippen LogP contribution in [0, 0.1) is 0 Å². The lowest BCUT2D eigenvalue weighted by Crippen LogP contribution is -2.47. The molecule has 102 valence electrons. The quantitative estimate of drug-likeness (QED) is 0.627. The lowest BCUT2D eigenvalue weighted by Gasteiger charge is -2.22. The number of carboxylic acid groups (broad SMARTS) is 1. The summed E-state index contributed by atoms with van der Waals surface area (Å²) in [6.45, 7) is 1.16. The summed E-state index contributed by atoms with van der Waals surface area (Å²) in [5, 5.41) is 21.1. The highest BCUT2D eigenvalue weighted by Crippen LogP contribution is 2.18. The first-order valence-corrected chi connectivity index (χ1v) is 6.15. The second kappa shape index (κ2) is 5.53. The molecule has 3 N–H and O–H groups in total. The number of ether oxygens (including phenoxy) is 1. The van der Waals surface area contributed by atoms with Crippen molar-refractivity contribution in [2.45, 2.75) is 37.5 Å². The molecule has 7 nitrogen and oxygen atoms in total. The minimum Gasteiger partial charge on any atom is -0.480 e. The monoisotopic (exact) mass is 258 g/mol. The zero-order valence-electron chi connectivity index (χ0n) is 10.0. The first-order valence-electron chi connectivity index (χ1n) is 6.15. The molecule has 0 radical (unpaired) electrons. The largest absolute Gasteiger partial charge is 0.480 e. The van der Waals surface area contributed by atoms with Crippen LogP contribution in [0.1, 0.15) is 19.3 Å². The summed E-state index contributed by atoms with van der Waals surface area (Å²) in [6, 6.07) is -1.39. The van der Waals surface area contributed by atoms with E-state index in [4.69, 9.17) is 9.84 Å². The number of carboxylic acids is 1. The second-order valence-corrected chi connectivity index (χ2v) is 4.72. The smallest absolute Gasteiger partial charge is 0.326 e. The number of likely N-dealkylation sites (tertiary alicyclic amines) is 1. The number of urea groups is 1. The molecule has 2 amide bonds. The normalized spacial score (nSPS) is 31.6. The van der Waals surface area contributed by atoms with E-state index in [1.54, 1.807) is 0 Å². The van der Waals surface area contributed by atoms with Crippen molar-refractivity contribution < 1.29 is 24.5 Å². The summed E-state index contributed by atoms with van der Waals surface area (Å²) >= 11 is 0. The molecule has 2 rings (SSSR count). The molecule has 3 atom stereocenters. The van der Waals surface area contributed by atoms with E-state index in [9.17, 15) is 14.7 Å². The third-order valence-corrected chi connectivity index (χ3v) is 3.33. The number of carbonyl (C=O) groups is 2. The van der Waals surface area contributed by atoms with Gasteiger partial charge in [0.15, 0.2) is 0 Å². The van der Waals surface area contributed by atoms with Crippen LogP contribution in [0.2, 0.25) is 0 Å². The number of nitrogens with one attached hydrogen (secondary N) is 1. The van der Waals surface area contributed by atoms with E-state index in [-0.39, 0.29) is 19.1 Å². The average Bonchev–Trinajstić information content (AvgIpc) is 2.94. The maximum Gasteiger partial charge on any atom is 0.326 e. The number of hydrogen-bond acceptors (Lipinski definition) is 4. The van der Waals surface area contributed by atoms with Crippen molar-refractivity contribution in [2.24, 2.45) is 0 Å². The molecule has 2 heterocycles. The minimum atomic E-state index is -1.08. The number of aliphatic hydroxyl groups excluding tert-OH is 1. The van der Waals surface area contributed by atoms with Crippen LogP contribution in [-0.4, -0.2) is 65.1 Å². The fraction of sp³-hybridized carbons (Fsp3) is 0.818. The Kier molecular flexibility index (Phi) is 4.03. The number of hydrogen-bond donors (Lipinski definition) is 3. The molecule has 2 aliphatic heterocycles. The van der Waals surface area contributed by atoms with Crippen LogP contribution in [0.3, 0.4) is 0 Å². The molecule has 0 aliphatic carbocycles. The lowest BCUT2D eigenvalue weighted by atomic mass is 10.2. The van der Waals surface area contributed by atoms with Gasteiger partial charge in [0.2, 0.25) is 0 Å². The van der Waals surface area contributed by atoms with E-state index in [1.807, 2.05) is 0 Å². The van der Waals surface area contributed by atoms with Gasteiger partial charge in [-0.15, -0.1) is 0 Å². The molecule has 0 spiro atoms. The Morgan fingerprint density at radius 2 is 2.22 bits per heavy atom. The summed E-state index contributed by atoms with van der Waals surface area (Å²) < 4.78 is 5.36. The SMILES string of the molecule is O=C(O)C1CC(O)CN1C(=O)NCC1CCCO1. The van der Waals surface area contributed by atoms with Gasteiger partial charge in [-0.25, -0.2) is 9.59 Å². The summed E-state index contributed by atoms with van der Waals surface area (Å²) in [7, 11) is 0. The first-order chi connectivity index (χ1) is 8.58. The van der Waals surface area contributed by atoms with Gasteiger partial charge in [0.1, 0.15) is 6.04 Å². The van der Waals surface area contributed by atoms with Crippen LogP contribution in [0.25, 0.3) is 0 Å². The first kappa shape index (κ1) is 13.1. The van der Waals surface area contributed by atoms with Crippen LogP contribution in [-0.2, 0) is 9.53 Å². The van der Waals surface area contributed by atoms with Crippen LogP contribution >= 0.6 is 0 Å². The number of nitrogens with zero attached hydrogens (tertiary/aromatic N) is 1. The van der Waals surface area contributed by atoms with Crippen LogP contribution in [0.4, 0.5) is 4.79 Å². The van der Waals surface area contributed by atoms with Crippen molar-refractivity contribution in [1.82, 2.24) is 10.2 Å². The molecular formula is C11H18N2O5. The van der Waals surface area contributed by atoms with Gasteiger partial charge in [-0.1, -0.05) is 0 Å². The van der Waals surface area contributed by atoms with Gasteiger partial charge in [-0.05, 0) is 12.8 Å². The number of carbonyl (C=O) groups excluding carboxylic acids is 1. The number of β-amino-alcohol motifs (C(OH)–C–C–N with tert-alkyl or cyclic N) is 1. The number of rotatable bonds is 3. The molecule has 0 bridgehead atoms. The van der Waals surface area contributed by atoms with Crippen molar-refractivity contribution in [3.8, 4) is 0 Å². The van der Waals surface area contributed by atoms with E-state index in [2.05, 4.69) is 5.32 Å². The van der Waals surface area contributed by atoms with Gasteiger partial charge in [0, 0.05) is 26.1 Å². The molecule has 2 saturated heterocycles. The Hall–Kier alpha value is -1.34. The second-order valence-electron chi connectivity index (χ2n) is 4.72. The minimum absolute atomic E-state index is 0.0183. The maximum absolute atomic E-state index is 11.8. The van der Waals surface area contributed by atoms with Gasteiger partial charge in [0.05, 0.1) is 12.2 Å². The Morgan fingerprint density at radius 1 is 1.44 bits per heavy atom. The Morgan fingerprint density at radius 3 is 2.83 bits per heavy atom. The molecule has 18 heavy (non-hydrogen) atoms.